The molecule has 1 aromatic heterocycles. The molecule has 1 aliphatic rings. The van der Waals surface area contributed by atoms with Crippen LogP contribution in [0.15, 0.2) is 10.7 Å². The molecule has 0 radical (unpaired) electrons. The molecule has 1 heterocycles. The maximum absolute atomic E-state index is 5.29. The number of aromatic nitrogens is 2. The summed E-state index contributed by atoms with van der Waals surface area (Å²) in [5.74, 6) is 0. The molecule has 6 heteroatoms. The lowest BCUT2D eigenvalue weighted by Crippen LogP contribution is -2.41. The minimum absolute atomic E-state index is 0.588. The molecule has 1 aromatic rings. The van der Waals surface area contributed by atoms with Crippen LogP contribution in [0.5, 0.6) is 0 Å². The number of nitrogens with one attached hydrogen (secondary N) is 2. The quantitative estimate of drug-likeness (QED) is 0.636. The summed E-state index contributed by atoms with van der Waals surface area (Å²) in [7, 11) is 0. The van der Waals surface area contributed by atoms with Gasteiger partial charge in [-0.1, -0.05) is 12.8 Å². The van der Waals surface area contributed by atoms with Crippen molar-refractivity contribution in [2.75, 3.05) is 6.54 Å². The van der Waals surface area contributed by atoms with Crippen LogP contribution in [0.4, 0.5) is 0 Å². The zero-order chi connectivity index (χ0) is 13.7. The number of rotatable bonds is 5. The fourth-order valence-corrected chi connectivity index (χ4v) is 2.94. The van der Waals surface area contributed by atoms with Crippen LogP contribution in [0, 0.1) is 6.92 Å². The van der Waals surface area contributed by atoms with Crippen molar-refractivity contribution >= 4 is 33.3 Å². The third-order valence-corrected chi connectivity index (χ3v) is 4.47. The highest BCUT2D eigenvalue weighted by Gasteiger charge is 2.14. The third-order valence-electron chi connectivity index (χ3n) is 3.43. The topological polar surface area (TPSA) is 41.9 Å². The average molecular weight is 345 g/mol. The fourth-order valence-electron chi connectivity index (χ4n) is 2.36. The Morgan fingerprint density at radius 3 is 2.89 bits per heavy atom. The lowest BCUT2D eigenvalue weighted by atomic mass is 10.3. The molecule has 1 fully saturated rings. The Labute approximate surface area is 128 Å². The van der Waals surface area contributed by atoms with Gasteiger partial charge < -0.3 is 10.6 Å². The van der Waals surface area contributed by atoms with Gasteiger partial charge in [-0.2, -0.15) is 5.10 Å². The largest absolute Gasteiger partial charge is 0.363 e. The van der Waals surface area contributed by atoms with E-state index in [1.165, 1.54) is 25.7 Å². The second kappa shape index (κ2) is 7.24. The number of hydrogen-bond donors (Lipinski definition) is 2. The van der Waals surface area contributed by atoms with E-state index in [9.17, 15) is 0 Å². The molecular weight excluding hydrogens is 324 g/mol. The van der Waals surface area contributed by atoms with Crippen LogP contribution in [-0.4, -0.2) is 27.5 Å². The molecular formula is C13H21BrN4S. The van der Waals surface area contributed by atoms with Crippen LogP contribution < -0.4 is 10.6 Å². The summed E-state index contributed by atoms with van der Waals surface area (Å²) in [4.78, 5) is 0. The molecule has 0 unspecified atom stereocenters. The summed E-state index contributed by atoms with van der Waals surface area (Å²) in [6.07, 6.45) is 8.19. The van der Waals surface area contributed by atoms with Crippen LogP contribution in [-0.2, 0) is 6.54 Å². The van der Waals surface area contributed by atoms with E-state index in [4.69, 9.17) is 12.2 Å². The van der Waals surface area contributed by atoms with Crippen molar-refractivity contribution < 1.29 is 0 Å². The zero-order valence-electron chi connectivity index (χ0n) is 11.3. The average Bonchev–Trinajstić information content (AvgIpc) is 2.96. The second-order valence-corrected chi connectivity index (χ2v) is 6.32. The molecule has 19 heavy (non-hydrogen) atoms. The van der Waals surface area contributed by atoms with Crippen LogP contribution in [0.2, 0.25) is 0 Å². The molecule has 0 saturated heterocycles. The zero-order valence-corrected chi connectivity index (χ0v) is 13.7. The van der Waals surface area contributed by atoms with E-state index in [0.29, 0.717) is 6.04 Å². The SMILES string of the molecule is Cc1nn(CCCNC(=S)NC2CCCC2)cc1Br. The Bertz CT molecular complexity index is 407. The molecule has 0 aromatic carbocycles. The number of hydrogen-bond acceptors (Lipinski definition) is 2. The molecule has 0 bridgehead atoms. The second-order valence-electron chi connectivity index (χ2n) is 5.06. The monoisotopic (exact) mass is 344 g/mol. The van der Waals surface area contributed by atoms with Crippen LogP contribution >= 0.6 is 28.1 Å². The number of halogens is 1. The molecule has 0 aliphatic heterocycles. The first kappa shape index (κ1) is 14.8. The summed E-state index contributed by atoms with van der Waals surface area (Å²) < 4.78 is 3.04. The van der Waals surface area contributed by atoms with E-state index in [2.05, 4.69) is 31.7 Å². The van der Waals surface area contributed by atoms with E-state index >= 15 is 0 Å². The van der Waals surface area contributed by atoms with Gasteiger partial charge in [0.1, 0.15) is 0 Å². The van der Waals surface area contributed by atoms with Crippen LogP contribution in [0.25, 0.3) is 0 Å². The predicted octanol–water partition coefficient (Wildman–Crippen LogP) is 2.75. The van der Waals surface area contributed by atoms with Gasteiger partial charge in [0.15, 0.2) is 5.11 Å². The Balaban J connectivity index is 1.59. The highest BCUT2D eigenvalue weighted by molar-refractivity contribution is 9.10. The summed E-state index contributed by atoms with van der Waals surface area (Å²) in [5.41, 5.74) is 1.03. The lowest BCUT2D eigenvalue weighted by Gasteiger charge is -2.15. The first-order chi connectivity index (χ1) is 9.15. The molecule has 2 rings (SSSR count). The molecule has 1 aliphatic carbocycles. The van der Waals surface area contributed by atoms with E-state index in [1.807, 2.05) is 17.8 Å². The Morgan fingerprint density at radius 1 is 1.53 bits per heavy atom. The molecule has 4 nitrogen and oxygen atoms in total. The highest BCUT2D eigenvalue weighted by atomic mass is 79.9. The van der Waals surface area contributed by atoms with Gasteiger partial charge in [-0.05, 0) is 54.3 Å². The lowest BCUT2D eigenvalue weighted by molar-refractivity contribution is 0.562. The van der Waals surface area contributed by atoms with Gasteiger partial charge in [0.2, 0.25) is 0 Å². The van der Waals surface area contributed by atoms with Crippen molar-refractivity contribution in [1.82, 2.24) is 20.4 Å². The van der Waals surface area contributed by atoms with Crippen molar-refractivity contribution in [2.24, 2.45) is 0 Å². The molecule has 1 saturated carbocycles. The normalized spacial score (nSPS) is 15.7. The van der Waals surface area contributed by atoms with Crippen molar-refractivity contribution in [1.29, 1.82) is 0 Å². The predicted molar refractivity (Wildman–Crippen MR) is 85.3 cm³/mol. The van der Waals surface area contributed by atoms with Crippen molar-refractivity contribution in [3.63, 3.8) is 0 Å². The highest BCUT2D eigenvalue weighted by Crippen LogP contribution is 2.17. The van der Waals surface area contributed by atoms with Gasteiger partial charge in [0, 0.05) is 25.3 Å². The van der Waals surface area contributed by atoms with Gasteiger partial charge in [0.25, 0.3) is 0 Å². The molecule has 0 amide bonds. The van der Waals surface area contributed by atoms with Crippen LogP contribution in [0.3, 0.4) is 0 Å². The maximum atomic E-state index is 5.29. The fraction of sp³-hybridized carbons (Fsp3) is 0.692. The summed E-state index contributed by atoms with van der Waals surface area (Å²) in [6.45, 7) is 3.79. The smallest absolute Gasteiger partial charge is 0.166 e. The van der Waals surface area contributed by atoms with Gasteiger partial charge in [-0.15, -0.1) is 0 Å². The number of aryl methyl sites for hydroxylation is 2. The molecule has 106 valence electrons. The Morgan fingerprint density at radius 2 is 2.26 bits per heavy atom. The van der Waals surface area contributed by atoms with E-state index in [1.54, 1.807) is 0 Å². The van der Waals surface area contributed by atoms with Crippen LogP contribution in [0.1, 0.15) is 37.8 Å². The Kier molecular flexibility index (Phi) is 5.63. The molecule has 0 spiro atoms. The number of thiocarbonyl (C=S) groups is 1. The van der Waals surface area contributed by atoms with Crippen molar-refractivity contribution in [3.8, 4) is 0 Å². The van der Waals surface area contributed by atoms with E-state index in [0.717, 1.165) is 34.8 Å². The van der Waals surface area contributed by atoms with Crippen molar-refractivity contribution in [3.05, 3.63) is 16.4 Å². The van der Waals surface area contributed by atoms with E-state index in [-0.39, 0.29) is 0 Å². The Hall–Kier alpha value is -0.620. The first-order valence-electron chi connectivity index (χ1n) is 6.89. The molecule has 0 atom stereocenters. The number of nitrogens with zero attached hydrogens (tertiary/aromatic N) is 2. The van der Waals surface area contributed by atoms with E-state index < -0.39 is 0 Å². The van der Waals surface area contributed by atoms with Gasteiger partial charge in [0.05, 0.1) is 10.2 Å². The van der Waals surface area contributed by atoms with Gasteiger partial charge >= 0.3 is 0 Å². The minimum Gasteiger partial charge on any atom is -0.363 e. The van der Waals surface area contributed by atoms with Gasteiger partial charge in [-0.3, -0.25) is 4.68 Å². The van der Waals surface area contributed by atoms with Crippen molar-refractivity contribution in [2.45, 2.75) is 51.6 Å². The molecule has 2 N–H and O–H groups in total. The van der Waals surface area contributed by atoms with Gasteiger partial charge in [-0.25, -0.2) is 0 Å². The summed E-state index contributed by atoms with van der Waals surface area (Å²) >= 11 is 8.76. The maximum Gasteiger partial charge on any atom is 0.166 e. The minimum atomic E-state index is 0.588. The standard InChI is InChI=1S/C13H21BrN4S/c1-10-12(14)9-18(17-10)8-4-7-15-13(19)16-11-5-2-3-6-11/h9,11H,2-8H2,1H3,(H2,15,16,19). The third kappa shape index (κ3) is 4.76. The summed E-state index contributed by atoms with van der Waals surface area (Å²) in [6, 6.07) is 0.588. The first-order valence-corrected chi connectivity index (χ1v) is 8.09. The summed E-state index contributed by atoms with van der Waals surface area (Å²) in [5, 5.41) is 11.8.